The lowest BCUT2D eigenvalue weighted by atomic mass is 9.85. The van der Waals surface area contributed by atoms with Gasteiger partial charge in [-0.15, -0.1) is 5.10 Å². The maximum Gasteiger partial charge on any atom is 0.358 e. The zero-order valence-corrected chi connectivity index (χ0v) is 9.09. The number of carboxylic acids is 1. The van der Waals surface area contributed by atoms with Crippen LogP contribution in [0.1, 0.15) is 35.4 Å². The molecule has 1 saturated carbocycles. The van der Waals surface area contributed by atoms with E-state index in [2.05, 4.69) is 10.3 Å². The molecule has 1 aliphatic rings. The van der Waals surface area contributed by atoms with E-state index in [4.69, 9.17) is 10.8 Å². The monoisotopic (exact) mass is 224 g/mol. The van der Waals surface area contributed by atoms with Gasteiger partial charge in [0.2, 0.25) is 0 Å². The van der Waals surface area contributed by atoms with Crippen molar-refractivity contribution in [3.63, 3.8) is 0 Å². The fraction of sp³-hybridized carbons (Fsp3) is 0.700. The number of carboxylic acid groups (broad SMARTS) is 1. The molecule has 0 bridgehead atoms. The molecule has 1 heterocycles. The van der Waals surface area contributed by atoms with Crippen molar-refractivity contribution < 1.29 is 9.90 Å². The number of rotatable bonds is 5. The number of aromatic carboxylic acids is 1. The first kappa shape index (κ1) is 11.1. The lowest BCUT2D eigenvalue weighted by molar-refractivity contribution is 0.0689. The standard InChI is InChI=1S/C10H16N4O2/c11-5-4-8-9(10(15)16)12-13-14(8)6-7-2-1-3-7/h7H,1-6,11H2,(H,15,16). The van der Waals surface area contributed by atoms with E-state index in [0.29, 0.717) is 24.6 Å². The SMILES string of the molecule is NCCc1c(C(=O)O)nnn1CC1CCC1. The van der Waals surface area contributed by atoms with Crippen molar-refractivity contribution in [1.82, 2.24) is 15.0 Å². The first-order valence-corrected chi connectivity index (χ1v) is 5.58. The molecule has 0 radical (unpaired) electrons. The van der Waals surface area contributed by atoms with E-state index < -0.39 is 5.97 Å². The fourth-order valence-corrected chi connectivity index (χ4v) is 1.95. The zero-order chi connectivity index (χ0) is 11.5. The summed E-state index contributed by atoms with van der Waals surface area (Å²) in [4.78, 5) is 10.9. The lowest BCUT2D eigenvalue weighted by Crippen LogP contribution is -2.21. The highest BCUT2D eigenvalue weighted by Gasteiger charge is 2.23. The van der Waals surface area contributed by atoms with Crippen molar-refractivity contribution >= 4 is 5.97 Å². The summed E-state index contributed by atoms with van der Waals surface area (Å²) in [6, 6.07) is 0. The van der Waals surface area contributed by atoms with Gasteiger partial charge < -0.3 is 10.8 Å². The lowest BCUT2D eigenvalue weighted by Gasteiger charge is -2.25. The molecule has 1 aliphatic carbocycles. The van der Waals surface area contributed by atoms with Crippen LogP contribution in [0.15, 0.2) is 0 Å². The molecule has 88 valence electrons. The van der Waals surface area contributed by atoms with Crippen LogP contribution >= 0.6 is 0 Å². The van der Waals surface area contributed by atoms with Crippen LogP contribution in [0, 0.1) is 5.92 Å². The summed E-state index contributed by atoms with van der Waals surface area (Å²) in [5, 5.41) is 16.6. The van der Waals surface area contributed by atoms with Gasteiger partial charge in [-0.1, -0.05) is 11.6 Å². The summed E-state index contributed by atoms with van der Waals surface area (Å²) in [5.41, 5.74) is 6.17. The summed E-state index contributed by atoms with van der Waals surface area (Å²) in [6.45, 7) is 1.19. The molecule has 6 nitrogen and oxygen atoms in total. The van der Waals surface area contributed by atoms with Gasteiger partial charge in [0.15, 0.2) is 5.69 Å². The van der Waals surface area contributed by atoms with Gasteiger partial charge in [-0.25, -0.2) is 9.48 Å². The summed E-state index contributed by atoms with van der Waals surface area (Å²) in [7, 11) is 0. The second kappa shape index (κ2) is 4.61. The van der Waals surface area contributed by atoms with Gasteiger partial charge in [0.05, 0.1) is 5.69 Å². The average molecular weight is 224 g/mol. The van der Waals surface area contributed by atoms with E-state index in [0.717, 1.165) is 6.54 Å². The smallest absolute Gasteiger partial charge is 0.358 e. The van der Waals surface area contributed by atoms with Crippen molar-refractivity contribution in [1.29, 1.82) is 0 Å². The summed E-state index contributed by atoms with van der Waals surface area (Å²) in [5.74, 6) is -0.400. The molecule has 0 atom stereocenters. The van der Waals surface area contributed by atoms with Crippen molar-refractivity contribution in [2.75, 3.05) is 6.54 Å². The molecule has 0 unspecified atom stereocenters. The molecule has 16 heavy (non-hydrogen) atoms. The van der Waals surface area contributed by atoms with Crippen LogP contribution in [0.4, 0.5) is 0 Å². The Bertz CT molecular complexity index is 384. The third-order valence-corrected chi connectivity index (χ3v) is 3.08. The Balaban J connectivity index is 2.18. The summed E-state index contributed by atoms with van der Waals surface area (Å²) in [6.07, 6.45) is 4.17. The maximum absolute atomic E-state index is 10.9. The van der Waals surface area contributed by atoms with Crippen molar-refractivity contribution in [3.8, 4) is 0 Å². The molecule has 1 aromatic rings. The minimum atomic E-state index is -1.02. The maximum atomic E-state index is 10.9. The third kappa shape index (κ3) is 2.06. The number of hydrogen-bond donors (Lipinski definition) is 2. The van der Waals surface area contributed by atoms with Gasteiger partial charge >= 0.3 is 5.97 Å². The molecule has 0 aromatic carbocycles. The van der Waals surface area contributed by atoms with Crippen LogP contribution in [0.3, 0.4) is 0 Å². The van der Waals surface area contributed by atoms with Crippen LogP contribution in [0.2, 0.25) is 0 Å². The van der Waals surface area contributed by atoms with E-state index in [1.807, 2.05) is 0 Å². The van der Waals surface area contributed by atoms with E-state index in [1.54, 1.807) is 4.68 Å². The molecule has 6 heteroatoms. The normalized spacial score (nSPS) is 16.1. The third-order valence-electron chi connectivity index (χ3n) is 3.08. The summed E-state index contributed by atoms with van der Waals surface area (Å²) < 4.78 is 1.71. The number of aromatic nitrogens is 3. The Labute approximate surface area is 93.4 Å². The van der Waals surface area contributed by atoms with Crippen LogP contribution < -0.4 is 5.73 Å². The Morgan fingerprint density at radius 1 is 1.56 bits per heavy atom. The molecule has 0 aliphatic heterocycles. The number of hydrogen-bond acceptors (Lipinski definition) is 4. The molecule has 1 aromatic heterocycles. The first-order chi connectivity index (χ1) is 7.72. The molecule has 1 fully saturated rings. The molecule has 0 spiro atoms. The van der Waals surface area contributed by atoms with Crippen molar-refractivity contribution in [3.05, 3.63) is 11.4 Å². The minimum absolute atomic E-state index is 0.0461. The molecule has 2 rings (SSSR count). The van der Waals surface area contributed by atoms with Crippen molar-refractivity contribution in [2.24, 2.45) is 11.7 Å². The van der Waals surface area contributed by atoms with Gasteiger partial charge in [0.1, 0.15) is 0 Å². The predicted molar refractivity (Wildman–Crippen MR) is 57.1 cm³/mol. The zero-order valence-electron chi connectivity index (χ0n) is 9.09. The Morgan fingerprint density at radius 3 is 2.81 bits per heavy atom. The van der Waals surface area contributed by atoms with Crippen LogP contribution in [0.25, 0.3) is 0 Å². The Hall–Kier alpha value is -1.43. The molecule has 3 N–H and O–H groups in total. The van der Waals surface area contributed by atoms with E-state index in [1.165, 1.54) is 19.3 Å². The highest BCUT2D eigenvalue weighted by molar-refractivity contribution is 5.86. The number of carbonyl (C=O) groups is 1. The van der Waals surface area contributed by atoms with Gasteiger partial charge in [0, 0.05) is 13.0 Å². The molecular formula is C10H16N4O2. The Kier molecular flexibility index (Phi) is 3.19. The largest absolute Gasteiger partial charge is 0.476 e. The molecule has 0 amide bonds. The van der Waals surface area contributed by atoms with E-state index >= 15 is 0 Å². The van der Waals surface area contributed by atoms with Crippen LogP contribution in [0.5, 0.6) is 0 Å². The topological polar surface area (TPSA) is 94.0 Å². The van der Waals surface area contributed by atoms with Gasteiger partial charge in [-0.05, 0) is 25.3 Å². The number of nitrogens with zero attached hydrogens (tertiary/aromatic N) is 3. The fourth-order valence-electron chi connectivity index (χ4n) is 1.95. The number of nitrogens with two attached hydrogens (primary N) is 1. The van der Waals surface area contributed by atoms with Crippen LogP contribution in [-0.2, 0) is 13.0 Å². The summed E-state index contributed by atoms with van der Waals surface area (Å²) >= 11 is 0. The van der Waals surface area contributed by atoms with Gasteiger partial charge in [0.25, 0.3) is 0 Å². The average Bonchev–Trinajstić information content (AvgIpc) is 2.56. The highest BCUT2D eigenvalue weighted by atomic mass is 16.4. The molecule has 0 saturated heterocycles. The highest BCUT2D eigenvalue weighted by Crippen LogP contribution is 2.28. The minimum Gasteiger partial charge on any atom is -0.476 e. The first-order valence-electron chi connectivity index (χ1n) is 5.58. The van der Waals surface area contributed by atoms with Gasteiger partial charge in [-0.3, -0.25) is 0 Å². The van der Waals surface area contributed by atoms with Crippen LogP contribution in [-0.4, -0.2) is 32.6 Å². The quantitative estimate of drug-likeness (QED) is 0.749. The predicted octanol–water partition coefficient (Wildman–Crippen LogP) is 0.278. The van der Waals surface area contributed by atoms with Crippen molar-refractivity contribution in [2.45, 2.75) is 32.2 Å². The van der Waals surface area contributed by atoms with Gasteiger partial charge in [-0.2, -0.15) is 0 Å². The Morgan fingerprint density at radius 2 is 2.31 bits per heavy atom. The molecular weight excluding hydrogens is 208 g/mol. The second-order valence-electron chi connectivity index (χ2n) is 4.21. The van der Waals surface area contributed by atoms with E-state index in [-0.39, 0.29) is 5.69 Å². The van der Waals surface area contributed by atoms with E-state index in [9.17, 15) is 4.79 Å². The second-order valence-corrected chi connectivity index (χ2v) is 4.21.